The monoisotopic (exact) mass is 373 g/mol. The van der Waals surface area contributed by atoms with Gasteiger partial charge in [-0.15, -0.1) is 0 Å². The summed E-state index contributed by atoms with van der Waals surface area (Å²) in [6.07, 6.45) is 1.20. The van der Waals surface area contributed by atoms with E-state index in [0.29, 0.717) is 37.3 Å². The van der Waals surface area contributed by atoms with Gasteiger partial charge >= 0.3 is 6.09 Å². The van der Waals surface area contributed by atoms with Crippen molar-refractivity contribution < 1.29 is 18.7 Å². The van der Waals surface area contributed by atoms with E-state index in [9.17, 15) is 14.0 Å². The van der Waals surface area contributed by atoms with E-state index in [4.69, 9.17) is 4.74 Å². The van der Waals surface area contributed by atoms with Gasteiger partial charge in [-0.05, 0) is 37.1 Å². The van der Waals surface area contributed by atoms with Crippen molar-refractivity contribution in [2.75, 3.05) is 26.2 Å². The van der Waals surface area contributed by atoms with Gasteiger partial charge < -0.3 is 19.5 Å². The van der Waals surface area contributed by atoms with Crippen molar-refractivity contribution in [1.29, 1.82) is 0 Å². The molecule has 0 spiro atoms. The van der Waals surface area contributed by atoms with E-state index in [0.717, 1.165) is 18.4 Å². The van der Waals surface area contributed by atoms with E-state index in [-0.39, 0.29) is 29.3 Å². The largest absolute Gasteiger partial charge is 0.449 e. The molecule has 0 atom stereocenters. The van der Waals surface area contributed by atoms with Crippen LogP contribution in [-0.4, -0.2) is 59.1 Å². The quantitative estimate of drug-likeness (QED) is 0.878. The van der Waals surface area contributed by atoms with Gasteiger partial charge in [0, 0.05) is 42.0 Å². The van der Waals surface area contributed by atoms with Crippen molar-refractivity contribution in [2.45, 2.75) is 32.7 Å². The maximum atomic E-state index is 13.4. The molecule has 2 aromatic rings. The van der Waals surface area contributed by atoms with Crippen LogP contribution in [0.2, 0.25) is 0 Å². The Morgan fingerprint density at radius 2 is 2.00 bits per heavy atom. The number of likely N-dealkylation sites (tertiary alicyclic amines) is 1. The number of hydrogen-bond acceptors (Lipinski definition) is 3. The standard InChI is InChI=1S/C20H24FN3O3/c1-20(2)11-24(19(26)27-12-20)15-5-7-23(8-6-15)18(25)17-10-13-9-14(21)3-4-16(13)22-17/h3-4,9-10,15,22H,5-8,11-12H2,1-2H3. The number of carbonyl (C=O) groups is 2. The molecular formula is C20H24FN3O3. The first-order valence-corrected chi connectivity index (χ1v) is 9.33. The molecule has 1 aromatic carbocycles. The zero-order valence-corrected chi connectivity index (χ0v) is 15.6. The molecule has 0 unspecified atom stereocenters. The Balaban J connectivity index is 1.42. The van der Waals surface area contributed by atoms with E-state index < -0.39 is 0 Å². The summed E-state index contributed by atoms with van der Waals surface area (Å²) in [5.41, 5.74) is 1.15. The minimum Gasteiger partial charge on any atom is -0.449 e. The predicted octanol–water partition coefficient (Wildman–Crippen LogP) is 3.39. The molecule has 144 valence electrons. The van der Waals surface area contributed by atoms with Crippen LogP contribution in [-0.2, 0) is 4.74 Å². The Labute approximate surface area is 157 Å². The fourth-order valence-electron chi connectivity index (χ4n) is 3.96. The third-order valence-corrected chi connectivity index (χ3v) is 5.42. The number of halogens is 1. The fraction of sp³-hybridized carbons (Fsp3) is 0.500. The molecule has 2 aliphatic rings. The Kier molecular flexibility index (Phi) is 4.32. The molecule has 7 heteroatoms. The molecule has 0 radical (unpaired) electrons. The maximum absolute atomic E-state index is 13.4. The number of fused-ring (bicyclic) bond motifs is 1. The first-order chi connectivity index (χ1) is 12.8. The molecule has 3 heterocycles. The molecule has 2 fully saturated rings. The number of H-pyrrole nitrogens is 1. The number of nitrogens with one attached hydrogen (secondary N) is 1. The summed E-state index contributed by atoms with van der Waals surface area (Å²) in [4.78, 5) is 31.6. The van der Waals surface area contributed by atoms with Gasteiger partial charge in [0.25, 0.3) is 5.91 Å². The molecule has 1 aromatic heterocycles. The average molecular weight is 373 g/mol. The van der Waals surface area contributed by atoms with E-state index >= 15 is 0 Å². The number of ether oxygens (including phenoxy) is 1. The summed E-state index contributed by atoms with van der Waals surface area (Å²) < 4.78 is 18.7. The number of aromatic nitrogens is 1. The molecule has 0 aliphatic carbocycles. The van der Waals surface area contributed by atoms with E-state index in [2.05, 4.69) is 18.8 Å². The summed E-state index contributed by atoms with van der Waals surface area (Å²) >= 11 is 0. The predicted molar refractivity (Wildman–Crippen MR) is 99.0 cm³/mol. The summed E-state index contributed by atoms with van der Waals surface area (Å²) in [6, 6.07) is 6.21. The Hall–Kier alpha value is -2.57. The maximum Gasteiger partial charge on any atom is 0.410 e. The summed E-state index contributed by atoms with van der Waals surface area (Å²) in [7, 11) is 0. The van der Waals surface area contributed by atoms with Crippen LogP contribution in [0, 0.1) is 11.2 Å². The molecule has 4 rings (SSSR count). The van der Waals surface area contributed by atoms with Gasteiger partial charge in [0.1, 0.15) is 11.5 Å². The van der Waals surface area contributed by atoms with Crippen LogP contribution in [0.4, 0.5) is 9.18 Å². The minimum absolute atomic E-state index is 0.0551. The minimum atomic E-state index is -0.322. The fourth-order valence-corrected chi connectivity index (χ4v) is 3.96. The second-order valence-corrected chi connectivity index (χ2v) is 8.28. The van der Waals surface area contributed by atoms with Gasteiger partial charge in [-0.25, -0.2) is 9.18 Å². The van der Waals surface area contributed by atoms with Crippen molar-refractivity contribution in [2.24, 2.45) is 5.41 Å². The van der Waals surface area contributed by atoms with E-state index in [1.807, 2.05) is 4.90 Å². The number of cyclic esters (lactones) is 1. The zero-order chi connectivity index (χ0) is 19.2. The number of aromatic amines is 1. The lowest BCUT2D eigenvalue weighted by Crippen LogP contribution is -2.55. The molecule has 2 saturated heterocycles. The average Bonchev–Trinajstić information content (AvgIpc) is 3.06. The van der Waals surface area contributed by atoms with Crippen molar-refractivity contribution in [1.82, 2.24) is 14.8 Å². The molecule has 1 N–H and O–H groups in total. The van der Waals surface area contributed by atoms with Crippen LogP contribution < -0.4 is 0 Å². The van der Waals surface area contributed by atoms with Crippen LogP contribution >= 0.6 is 0 Å². The van der Waals surface area contributed by atoms with Crippen LogP contribution in [0.15, 0.2) is 24.3 Å². The second-order valence-electron chi connectivity index (χ2n) is 8.28. The first kappa shape index (κ1) is 17.8. The molecule has 0 bridgehead atoms. The number of hydrogen-bond donors (Lipinski definition) is 1. The highest BCUT2D eigenvalue weighted by molar-refractivity contribution is 5.98. The third-order valence-electron chi connectivity index (χ3n) is 5.42. The normalized spacial score (nSPS) is 20.8. The van der Waals surface area contributed by atoms with E-state index in [1.54, 1.807) is 17.0 Å². The SMILES string of the molecule is CC1(C)COC(=O)N(C2CCN(C(=O)c3cc4cc(F)ccc4[nH]3)CC2)C1. The summed E-state index contributed by atoms with van der Waals surface area (Å²) in [6.45, 7) is 6.46. The number of piperidine rings is 1. The molecule has 27 heavy (non-hydrogen) atoms. The Bertz CT molecular complexity index is 884. The van der Waals surface area contributed by atoms with Gasteiger partial charge in [-0.2, -0.15) is 0 Å². The van der Waals surface area contributed by atoms with Gasteiger partial charge in [0.15, 0.2) is 0 Å². The highest BCUT2D eigenvalue weighted by atomic mass is 19.1. The van der Waals surface area contributed by atoms with Gasteiger partial charge in [0.2, 0.25) is 0 Å². The van der Waals surface area contributed by atoms with Gasteiger partial charge in [-0.1, -0.05) is 13.8 Å². The van der Waals surface area contributed by atoms with Gasteiger partial charge in [0.05, 0.1) is 6.61 Å². The molecule has 2 aliphatic heterocycles. The number of benzene rings is 1. The lowest BCUT2D eigenvalue weighted by Gasteiger charge is -2.44. The smallest absolute Gasteiger partial charge is 0.410 e. The van der Waals surface area contributed by atoms with Gasteiger partial charge in [-0.3, -0.25) is 4.79 Å². The lowest BCUT2D eigenvalue weighted by molar-refractivity contribution is -0.0153. The van der Waals surface area contributed by atoms with Crippen molar-refractivity contribution >= 4 is 22.9 Å². The lowest BCUT2D eigenvalue weighted by atomic mass is 9.91. The van der Waals surface area contributed by atoms with Crippen molar-refractivity contribution in [3.63, 3.8) is 0 Å². The molecule has 6 nitrogen and oxygen atoms in total. The molecular weight excluding hydrogens is 349 g/mol. The first-order valence-electron chi connectivity index (χ1n) is 9.33. The van der Waals surface area contributed by atoms with Crippen LogP contribution in [0.5, 0.6) is 0 Å². The highest BCUT2D eigenvalue weighted by Gasteiger charge is 2.38. The molecule has 2 amide bonds. The van der Waals surface area contributed by atoms with Crippen LogP contribution in [0.25, 0.3) is 10.9 Å². The van der Waals surface area contributed by atoms with Crippen LogP contribution in [0.1, 0.15) is 37.2 Å². The third kappa shape index (κ3) is 3.50. The second kappa shape index (κ2) is 6.55. The van der Waals surface area contributed by atoms with Crippen molar-refractivity contribution in [3.05, 3.63) is 35.8 Å². The molecule has 0 saturated carbocycles. The van der Waals surface area contributed by atoms with E-state index in [1.165, 1.54) is 12.1 Å². The number of amides is 2. The topological polar surface area (TPSA) is 65.6 Å². The number of carbonyl (C=O) groups excluding carboxylic acids is 2. The van der Waals surface area contributed by atoms with Crippen molar-refractivity contribution in [3.8, 4) is 0 Å². The number of rotatable bonds is 2. The highest BCUT2D eigenvalue weighted by Crippen LogP contribution is 2.28. The zero-order valence-electron chi connectivity index (χ0n) is 15.6. The Morgan fingerprint density at radius 3 is 2.74 bits per heavy atom. The summed E-state index contributed by atoms with van der Waals surface area (Å²) in [5.74, 6) is -0.413. The van der Waals surface area contributed by atoms with Crippen LogP contribution in [0.3, 0.4) is 0 Å². The Morgan fingerprint density at radius 1 is 1.26 bits per heavy atom. The summed E-state index contributed by atoms with van der Waals surface area (Å²) in [5, 5.41) is 0.687. The number of nitrogens with zero attached hydrogens (tertiary/aromatic N) is 2.